The number of nitrogens with one attached hydrogen (secondary N) is 2. The molecule has 0 radical (unpaired) electrons. The molecule has 1 aromatic rings. The molecule has 0 atom stereocenters. The summed E-state index contributed by atoms with van der Waals surface area (Å²) in [5, 5.41) is 5.92. The molecular weight excluding hydrogens is 312 g/mol. The molecule has 2 aliphatic carbocycles. The Morgan fingerprint density at radius 2 is 1.60 bits per heavy atom. The molecule has 0 saturated heterocycles. The molecule has 0 bridgehead atoms. The average molecular weight is 340 g/mol. The van der Waals surface area contributed by atoms with Gasteiger partial charge in [0.05, 0.1) is 0 Å². The number of benzene rings is 1. The van der Waals surface area contributed by atoms with Crippen LogP contribution in [0.1, 0.15) is 50.5 Å². The molecule has 2 N–H and O–H groups in total. The van der Waals surface area contributed by atoms with Crippen LogP contribution < -0.4 is 10.6 Å². The largest absolute Gasteiger partial charge is 0.355 e. The number of carbonyl (C=O) groups is 2. The molecule has 1 saturated carbocycles. The Labute approximate surface area is 150 Å². The summed E-state index contributed by atoms with van der Waals surface area (Å²) >= 11 is 0. The van der Waals surface area contributed by atoms with E-state index in [9.17, 15) is 9.59 Å². The van der Waals surface area contributed by atoms with Crippen LogP contribution in [0.15, 0.2) is 42.0 Å². The summed E-state index contributed by atoms with van der Waals surface area (Å²) in [6, 6.07) is 10.1. The maximum atomic E-state index is 12.5. The molecule has 0 aliphatic heterocycles. The second-order valence-corrected chi connectivity index (χ2v) is 7.19. The standard InChI is InChI=1S/C21H28N2O2/c24-19(22-15-11-17-7-3-1-4-8-17)21(13-14-21)20(25)23-16-12-18-9-5-2-6-10-18/h1,3-4,7-9H,2,5-6,10-16H2,(H,22,24)(H,23,25). The maximum Gasteiger partial charge on any atom is 0.235 e. The summed E-state index contributed by atoms with van der Waals surface area (Å²) in [7, 11) is 0. The van der Waals surface area contributed by atoms with E-state index in [1.54, 1.807) is 0 Å². The highest BCUT2D eigenvalue weighted by atomic mass is 16.2. The summed E-state index contributed by atoms with van der Waals surface area (Å²) in [6.07, 6.45) is 10.2. The van der Waals surface area contributed by atoms with Gasteiger partial charge in [0, 0.05) is 13.1 Å². The van der Waals surface area contributed by atoms with Crippen LogP contribution in [0.25, 0.3) is 0 Å². The smallest absolute Gasteiger partial charge is 0.235 e. The maximum absolute atomic E-state index is 12.5. The normalized spacial score (nSPS) is 18.2. The van der Waals surface area contributed by atoms with Gasteiger partial charge in [0.15, 0.2) is 0 Å². The lowest BCUT2D eigenvalue weighted by molar-refractivity contribution is -0.137. The van der Waals surface area contributed by atoms with Gasteiger partial charge in [-0.05, 0) is 56.9 Å². The third-order valence-corrected chi connectivity index (χ3v) is 5.28. The molecule has 0 unspecified atom stereocenters. The van der Waals surface area contributed by atoms with Crippen LogP contribution in [0.4, 0.5) is 0 Å². The lowest BCUT2D eigenvalue weighted by atomic mass is 9.97. The fraction of sp³-hybridized carbons (Fsp3) is 0.524. The summed E-state index contributed by atoms with van der Waals surface area (Å²) < 4.78 is 0. The lowest BCUT2D eigenvalue weighted by Gasteiger charge is -2.17. The molecule has 0 heterocycles. The highest BCUT2D eigenvalue weighted by Crippen LogP contribution is 2.46. The number of rotatable bonds is 8. The number of hydrogen-bond acceptors (Lipinski definition) is 2. The average Bonchev–Trinajstić information content (AvgIpc) is 3.45. The lowest BCUT2D eigenvalue weighted by Crippen LogP contribution is -2.43. The molecular formula is C21H28N2O2. The number of carbonyl (C=O) groups excluding carboxylic acids is 2. The van der Waals surface area contributed by atoms with Crippen LogP contribution in [0.5, 0.6) is 0 Å². The molecule has 134 valence electrons. The van der Waals surface area contributed by atoms with E-state index in [0.29, 0.717) is 25.9 Å². The van der Waals surface area contributed by atoms with Crippen molar-refractivity contribution < 1.29 is 9.59 Å². The molecule has 0 aromatic heterocycles. The molecule has 2 amide bonds. The van der Waals surface area contributed by atoms with Crippen molar-refractivity contribution in [3.63, 3.8) is 0 Å². The highest BCUT2D eigenvalue weighted by Gasteiger charge is 2.56. The van der Waals surface area contributed by atoms with Crippen molar-refractivity contribution >= 4 is 11.8 Å². The van der Waals surface area contributed by atoms with E-state index in [0.717, 1.165) is 25.7 Å². The Bertz CT molecular complexity index is 633. The van der Waals surface area contributed by atoms with Gasteiger partial charge in [-0.25, -0.2) is 0 Å². The first-order chi connectivity index (χ1) is 12.2. The zero-order valence-electron chi connectivity index (χ0n) is 14.9. The number of hydrogen-bond donors (Lipinski definition) is 2. The molecule has 2 aliphatic rings. The van der Waals surface area contributed by atoms with Crippen LogP contribution in [-0.2, 0) is 16.0 Å². The van der Waals surface area contributed by atoms with Crippen molar-refractivity contribution in [3.05, 3.63) is 47.5 Å². The second kappa shape index (κ2) is 8.32. The van der Waals surface area contributed by atoms with Crippen LogP contribution in [0, 0.1) is 5.41 Å². The van der Waals surface area contributed by atoms with E-state index in [-0.39, 0.29) is 11.8 Å². The third kappa shape index (κ3) is 4.71. The minimum absolute atomic E-state index is 0.0962. The topological polar surface area (TPSA) is 58.2 Å². The van der Waals surface area contributed by atoms with Gasteiger partial charge >= 0.3 is 0 Å². The Kier molecular flexibility index (Phi) is 5.90. The van der Waals surface area contributed by atoms with Crippen molar-refractivity contribution in [2.24, 2.45) is 5.41 Å². The summed E-state index contributed by atoms with van der Waals surface area (Å²) in [6.45, 7) is 1.22. The first kappa shape index (κ1) is 17.7. The van der Waals surface area contributed by atoms with Crippen molar-refractivity contribution in [1.82, 2.24) is 10.6 Å². The van der Waals surface area contributed by atoms with Gasteiger partial charge in [0.25, 0.3) is 0 Å². The van der Waals surface area contributed by atoms with E-state index in [1.165, 1.54) is 24.0 Å². The SMILES string of the molecule is O=C(NCCC1=CCCCC1)C1(C(=O)NCCc2ccccc2)CC1. The van der Waals surface area contributed by atoms with Crippen molar-refractivity contribution in [2.45, 2.75) is 51.4 Å². The number of allylic oxidation sites excluding steroid dienone is 1. The van der Waals surface area contributed by atoms with E-state index in [1.807, 2.05) is 30.3 Å². The Morgan fingerprint density at radius 3 is 2.20 bits per heavy atom. The van der Waals surface area contributed by atoms with E-state index in [2.05, 4.69) is 16.7 Å². The van der Waals surface area contributed by atoms with Gasteiger partial charge in [-0.15, -0.1) is 0 Å². The first-order valence-corrected chi connectivity index (χ1v) is 9.49. The summed E-state index contributed by atoms with van der Waals surface area (Å²) in [4.78, 5) is 24.9. The van der Waals surface area contributed by atoms with Gasteiger partial charge in [-0.2, -0.15) is 0 Å². The van der Waals surface area contributed by atoms with E-state index < -0.39 is 5.41 Å². The third-order valence-electron chi connectivity index (χ3n) is 5.28. The van der Waals surface area contributed by atoms with E-state index >= 15 is 0 Å². The molecule has 4 nitrogen and oxygen atoms in total. The quantitative estimate of drug-likeness (QED) is 0.564. The van der Waals surface area contributed by atoms with Crippen molar-refractivity contribution in [3.8, 4) is 0 Å². The minimum Gasteiger partial charge on any atom is -0.355 e. The van der Waals surface area contributed by atoms with Crippen LogP contribution in [0.2, 0.25) is 0 Å². The fourth-order valence-electron chi connectivity index (χ4n) is 3.45. The predicted molar refractivity (Wildman–Crippen MR) is 99.0 cm³/mol. The Hall–Kier alpha value is -2.10. The zero-order chi connectivity index (χ0) is 17.5. The fourth-order valence-corrected chi connectivity index (χ4v) is 3.45. The minimum atomic E-state index is -0.808. The highest BCUT2D eigenvalue weighted by molar-refractivity contribution is 6.07. The monoisotopic (exact) mass is 340 g/mol. The van der Waals surface area contributed by atoms with Crippen molar-refractivity contribution in [2.75, 3.05) is 13.1 Å². The van der Waals surface area contributed by atoms with Gasteiger partial charge in [0.2, 0.25) is 11.8 Å². The number of amides is 2. The Morgan fingerprint density at radius 1 is 0.920 bits per heavy atom. The molecule has 4 heteroatoms. The van der Waals surface area contributed by atoms with Gasteiger partial charge in [-0.3, -0.25) is 9.59 Å². The summed E-state index contributed by atoms with van der Waals surface area (Å²) in [5.74, 6) is -0.209. The summed E-state index contributed by atoms with van der Waals surface area (Å²) in [5.41, 5.74) is 1.83. The predicted octanol–water partition coefficient (Wildman–Crippen LogP) is 3.13. The molecule has 1 aromatic carbocycles. The molecule has 25 heavy (non-hydrogen) atoms. The molecule has 1 fully saturated rings. The Balaban J connectivity index is 1.40. The van der Waals surface area contributed by atoms with Crippen LogP contribution in [-0.4, -0.2) is 24.9 Å². The van der Waals surface area contributed by atoms with Crippen molar-refractivity contribution in [1.29, 1.82) is 0 Å². The van der Waals surface area contributed by atoms with Gasteiger partial charge in [-0.1, -0.05) is 42.0 Å². The molecule has 3 rings (SSSR count). The zero-order valence-corrected chi connectivity index (χ0v) is 14.9. The molecule has 0 spiro atoms. The first-order valence-electron chi connectivity index (χ1n) is 9.49. The van der Waals surface area contributed by atoms with E-state index in [4.69, 9.17) is 0 Å². The second-order valence-electron chi connectivity index (χ2n) is 7.19. The van der Waals surface area contributed by atoms with Crippen LogP contribution in [0.3, 0.4) is 0 Å². The van der Waals surface area contributed by atoms with Gasteiger partial charge < -0.3 is 10.6 Å². The van der Waals surface area contributed by atoms with Crippen LogP contribution >= 0.6 is 0 Å². The van der Waals surface area contributed by atoms with Gasteiger partial charge in [0.1, 0.15) is 5.41 Å².